The maximum absolute atomic E-state index is 16.0. The maximum Gasteiger partial charge on any atom is 0.410 e. The summed E-state index contributed by atoms with van der Waals surface area (Å²) in [5.41, 5.74) is 2.76. The highest BCUT2D eigenvalue weighted by Gasteiger charge is 2.28. The van der Waals surface area contributed by atoms with Crippen LogP contribution in [0.2, 0.25) is 0 Å². The van der Waals surface area contributed by atoms with Crippen LogP contribution >= 0.6 is 11.3 Å². The molecule has 0 aliphatic carbocycles. The van der Waals surface area contributed by atoms with Crippen LogP contribution in [0.25, 0.3) is 32.1 Å². The van der Waals surface area contributed by atoms with Crippen molar-refractivity contribution in [2.75, 3.05) is 20.7 Å². The molecule has 0 bridgehead atoms. The number of halogens is 1. The maximum atomic E-state index is 16.0. The van der Waals surface area contributed by atoms with E-state index >= 15 is 4.39 Å². The number of aryl methyl sites for hydroxylation is 1. The summed E-state index contributed by atoms with van der Waals surface area (Å²) in [5.74, 6) is 0.158. The number of hydrogen-bond donors (Lipinski definition) is 1. The third-order valence-corrected chi connectivity index (χ3v) is 8.20. The number of carbonyl (C=O) groups excluding carboxylic acids is 1. The molecule has 0 spiro atoms. The number of benzene rings is 2. The Labute approximate surface area is 232 Å². The van der Waals surface area contributed by atoms with E-state index in [1.165, 1.54) is 22.3 Å². The van der Waals surface area contributed by atoms with E-state index in [9.17, 15) is 9.59 Å². The highest BCUT2D eigenvalue weighted by molar-refractivity contribution is 7.17. The molecule has 1 amide bonds. The van der Waals surface area contributed by atoms with Gasteiger partial charge in [0.1, 0.15) is 21.9 Å². The van der Waals surface area contributed by atoms with E-state index < -0.39 is 11.7 Å². The number of thiophene rings is 1. The number of carbonyl (C=O) groups is 1. The number of ether oxygens (including phenoxy) is 2. The number of amides is 1. The molecule has 4 aromatic rings. The fraction of sp³-hybridized carbons (Fsp3) is 0.419. The van der Waals surface area contributed by atoms with Gasteiger partial charge in [0.05, 0.1) is 12.6 Å². The Balaban J connectivity index is 1.83. The number of likely N-dealkylation sites (N-methyl/N-ethyl adjacent to an activating group) is 1. The van der Waals surface area contributed by atoms with E-state index in [0.29, 0.717) is 33.6 Å². The third-order valence-electron chi connectivity index (χ3n) is 7.28. The molecule has 0 saturated carbocycles. The monoisotopic (exact) mass is 552 g/mol. The normalized spacial score (nSPS) is 13.5. The average Bonchev–Trinajstić information content (AvgIpc) is 3.37. The van der Waals surface area contributed by atoms with Crippen LogP contribution in [0.15, 0.2) is 40.5 Å². The van der Waals surface area contributed by atoms with Crippen molar-refractivity contribution in [2.45, 2.75) is 59.5 Å². The van der Waals surface area contributed by atoms with Crippen LogP contribution in [0.4, 0.5) is 9.18 Å². The Kier molecular flexibility index (Phi) is 8.07. The number of hydrogen-bond acceptors (Lipinski definition) is 5. The summed E-state index contributed by atoms with van der Waals surface area (Å²) in [5, 5.41) is 3.54. The number of fused-ring (bicyclic) bond motifs is 3. The van der Waals surface area contributed by atoms with Gasteiger partial charge in [0.15, 0.2) is 0 Å². The molecular weight excluding hydrogens is 515 g/mol. The lowest BCUT2D eigenvalue weighted by Crippen LogP contribution is -2.37. The van der Waals surface area contributed by atoms with Gasteiger partial charge in [0, 0.05) is 35.8 Å². The first-order valence-electron chi connectivity index (χ1n) is 13.2. The second-order valence-corrected chi connectivity index (χ2v) is 12.1. The SMILES string of the molecule is CCC(C)C(CN(C)C(=O)OC(C)(C)C)c1ccc(-c2c(OC)cc(C)c3[nH]c(=O)c4sccc4c23)cc1F. The van der Waals surface area contributed by atoms with Gasteiger partial charge in [-0.2, -0.15) is 0 Å². The zero-order chi connectivity index (χ0) is 28.6. The minimum absolute atomic E-state index is 0.125. The highest BCUT2D eigenvalue weighted by Crippen LogP contribution is 2.43. The number of nitrogens with zero attached hydrogens (tertiary/aromatic N) is 1. The first-order chi connectivity index (χ1) is 18.4. The van der Waals surface area contributed by atoms with Crippen LogP contribution in [-0.2, 0) is 4.74 Å². The van der Waals surface area contributed by atoms with Crippen molar-refractivity contribution in [3.63, 3.8) is 0 Å². The van der Waals surface area contributed by atoms with Crippen molar-refractivity contribution in [1.29, 1.82) is 0 Å². The predicted molar refractivity (Wildman–Crippen MR) is 158 cm³/mol. The highest BCUT2D eigenvalue weighted by atomic mass is 32.1. The number of nitrogens with one attached hydrogen (secondary N) is 1. The van der Waals surface area contributed by atoms with Crippen LogP contribution in [0.5, 0.6) is 5.75 Å². The molecule has 0 aliphatic heterocycles. The van der Waals surface area contributed by atoms with Gasteiger partial charge < -0.3 is 19.4 Å². The van der Waals surface area contributed by atoms with Crippen molar-refractivity contribution < 1.29 is 18.7 Å². The van der Waals surface area contributed by atoms with Gasteiger partial charge in [0.25, 0.3) is 5.56 Å². The molecule has 2 unspecified atom stereocenters. The van der Waals surface area contributed by atoms with E-state index in [1.54, 1.807) is 14.2 Å². The first-order valence-corrected chi connectivity index (χ1v) is 14.1. The van der Waals surface area contributed by atoms with Crippen molar-refractivity contribution in [2.24, 2.45) is 5.92 Å². The van der Waals surface area contributed by atoms with Crippen LogP contribution in [0, 0.1) is 18.7 Å². The summed E-state index contributed by atoms with van der Waals surface area (Å²) in [4.78, 5) is 29.9. The van der Waals surface area contributed by atoms with E-state index in [-0.39, 0.29) is 23.2 Å². The minimum atomic E-state index is -0.613. The topological polar surface area (TPSA) is 71.6 Å². The molecule has 8 heteroatoms. The lowest BCUT2D eigenvalue weighted by molar-refractivity contribution is 0.0278. The minimum Gasteiger partial charge on any atom is -0.496 e. The lowest BCUT2D eigenvalue weighted by atomic mass is 9.84. The second-order valence-electron chi connectivity index (χ2n) is 11.2. The van der Waals surface area contributed by atoms with Gasteiger partial charge in [-0.25, -0.2) is 9.18 Å². The second kappa shape index (κ2) is 11.0. The Morgan fingerprint density at radius 1 is 1.21 bits per heavy atom. The van der Waals surface area contributed by atoms with Crippen LogP contribution in [-0.4, -0.2) is 42.3 Å². The molecule has 1 N–H and O–H groups in total. The Morgan fingerprint density at radius 3 is 2.54 bits per heavy atom. The zero-order valence-corrected chi connectivity index (χ0v) is 24.7. The number of aromatic nitrogens is 1. The summed E-state index contributed by atoms with van der Waals surface area (Å²) in [7, 11) is 3.28. The van der Waals surface area contributed by atoms with Gasteiger partial charge in [-0.15, -0.1) is 11.3 Å². The molecule has 208 valence electrons. The van der Waals surface area contributed by atoms with Crippen LogP contribution < -0.4 is 10.3 Å². The fourth-order valence-corrected chi connectivity index (χ4v) is 5.87. The first kappa shape index (κ1) is 28.6. The summed E-state index contributed by atoms with van der Waals surface area (Å²) >= 11 is 1.38. The van der Waals surface area contributed by atoms with Crippen LogP contribution in [0.3, 0.4) is 0 Å². The van der Waals surface area contributed by atoms with Crippen LogP contribution in [0.1, 0.15) is 58.1 Å². The average molecular weight is 553 g/mol. The van der Waals surface area contributed by atoms with Gasteiger partial charge in [-0.1, -0.05) is 32.4 Å². The van der Waals surface area contributed by atoms with Gasteiger partial charge in [-0.05, 0) is 73.9 Å². The van der Waals surface area contributed by atoms with Crippen molar-refractivity contribution >= 4 is 38.4 Å². The molecule has 2 atom stereocenters. The number of rotatable bonds is 7. The summed E-state index contributed by atoms with van der Waals surface area (Å²) < 4.78 is 27.9. The lowest BCUT2D eigenvalue weighted by Gasteiger charge is -2.30. The predicted octanol–water partition coefficient (Wildman–Crippen LogP) is 7.86. The zero-order valence-electron chi connectivity index (χ0n) is 23.9. The molecule has 0 aliphatic rings. The molecule has 4 rings (SSSR count). The molecule has 2 aromatic carbocycles. The molecule has 0 saturated heterocycles. The number of aromatic amines is 1. The number of methoxy groups -OCH3 is 1. The molecule has 2 aromatic heterocycles. The van der Waals surface area contributed by atoms with E-state index in [2.05, 4.69) is 18.8 Å². The molecule has 39 heavy (non-hydrogen) atoms. The molecule has 2 heterocycles. The molecule has 0 radical (unpaired) electrons. The molecule has 6 nitrogen and oxygen atoms in total. The Hall–Kier alpha value is -3.39. The quantitative estimate of drug-likeness (QED) is 0.253. The number of H-pyrrole nitrogens is 1. The third kappa shape index (κ3) is 5.66. The number of pyridine rings is 1. The standard InChI is InChI=1S/C31H37FN2O4S/c1-9-17(2)22(16-34(7)30(36)38-31(4,5)6)20-11-10-19(15-23(20)32)25-24(37-8)14-18(3)27-26(25)21-12-13-39-28(21)29(35)33-27/h10-15,17,22H,9,16H2,1-8H3,(H,33,35). The van der Waals surface area contributed by atoms with Crippen molar-refractivity contribution in [3.05, 3.63) is 63.0 Å². The van der Waals surface area contributed by atoms with E-state index in [4.69, 9.17) is 9.47 Å². The summed E-state index contributed by atoms with van der Waals surface area (Å²) in [6, 6.07) is 9.04. The smallest absolute Gasteiger partial charge is 0.410 e. The summed E-state index contributed by atoms with van der Waals surface area (Å²) in [6.45, 7) is 11.9. The van der Waals surface area contributed by atoms with Gasteiger partial charge in [0.2, 0.25) is 0 Å². The Morgan fingerprint density at radius 2 is 1.92 bits per heavy atom. The summed E-state index contributed by atoms with van der Waals surface area (Å²) in [6.07, 6.45) is 0.394. The largest absolute Gasteiger partial charge is 0.496 e. The van der Waals surface area contributed by atoms with Crippen molar-refractivity contribution in [1.82, 2.24) is 9.88 Å². The van der Waals surface area contributed by atoms with E-state index in [0.717, 1.165) is 28.3 Å². The molecular formula is C31H37FN2O4S. The fourth-order valence-electron chi connectivity index (χ4n) is 5.08. The Bertz CT molecular complexity index is 1580. The van der Waals surface area contributed by atoms with E-state index in [1.807, 2.05) is 57.3 Å². The van der Waals surface area contributed by atoms with Gasteiger partial charge >= 0.3 is 6.09 Å². The molecule has 0 fully saturated rings. The van der Waals surface area contributed by atoms with Gasteiger partial charge in [-0.3, -0.25) is 4.79 Å². The van der Waals surface area contributed by atoms with Crippen molar-refractivity contribution in [3.8, 4) is 16.9 Å².